The Morgan fingerprint density at radius 3 is 1.50 bits per heavy atom. The second-order valence-corrected chi connectivity index (χ2v) is 6.50. The van der Waals surface area contributed by atoms with E-state index in [-0.39, 0.29) is 0 Å². The van der Waals surface area contributed by atoms with Gasteiger partial charge < -0.3 is 9.47 Å². The van der Waals surface area contributed by atoms with Gasteiger partial charge in [-0.1, -0.05) is 56.1 Å². The van der Waals surface area contributed by atoms with Crippen LogP contribution in [0.4, 0.5) is 11.4 Å². The van der Waals surface area contributed by atoms with Crippen molar-refractivity contribution in [1.29, 1.82) is 0 Å². The number of rotatable bonds is 10. The van der Waals surface area contributed by atoms with Gasteiger partial charge in [-0.3, -0.25) is 0 Å². The first-order valence-electron chi connectivity index (χ1n) is 7.82. The molecule has 0 radical (unpaired) electrons. The summed E-state index contributed by atoms with van der Waals surface area (Å²) < 4.78 is 11.5. The smallest absolute Gasteiger partial charge is 0.146 e. The minimum Gasteiger partial charge on any atom is -0.491 e. The summed E-state index contributed by atoms with van der Waals surface area (Å²) in [7, 11) is 0. The van der Waals surface area contributed by atoms with Gasteiger partial charge in [-0.25, -0.2) is 0 Å². The zero-order valence-corrected chi connectivity index (χ0v) is 16.5. The predicted octanol–water partition coefficient (Wildman–Crippen LogP) is 6.43. The SMILES string of the molecule is BrCCCOc1ccccc1N=Nc1ccccc1OCCCBr. The third-order valence-electron chi connectivity index (χ3n) is 3.07. The van der Waals surface area contributed by atoms with Crippen LogP contribution in [0.15, 0.2) is 58.8 Å². The van der Waals surface area contributed by atoms with Crippen molar-refractivity contribution in [1.82, 2.24) is 0 Å². The average molecular weight is 456 g/mol. The van der Waals surface area contributed by atoms with Gasteiger partial charge in [-0.2, -0.15) is 0 Å². The third-order valence-corrected chi connectivity index (χ3v) is 4.19. The Morgan fingerprint density at radius 1 is 0.667 bits per heavy atom. The number of hydrogen-bond donors (Lipinski definition) is 0. The van der Waals surface area contributed by atoms with E-state index < -0.39 is 0 Å². The van der Waals surface area contributed by atoms with E-state index in [0.29, 0.717) is 24.6 Å². The molecule has 2 aromatic rings. The first-order valence-corrected chi connectivity index (χ1v) is 10.1. The Morgan fingerprint density at radius 2 is 1.08 bits per heavy atom. The molecule has 0 aliphatic heterocycles. The number of azo groups is 1. The summed E-state index contributed by atoms with van der Waals surface area (Å²) in [6.45, 7) is 1.29. The Balaban J connectivity index is 2.10. The molecule has 0 N–H and O–H groups in total. The fourth-order valence-corrected chi connectivity index (χ4v) is 2.36. The lowest BCUT2D eigenvalue weighted by atomic mass is 10.3. The van der Waals surface area contributed by atoms with Crippen LogP contribution >= 0.6 is 31.9 Å². The van der Waals surface area contributed by atoms with Gasteiger partial charge in [0, 0.05) is 10.7 Å². The van der Waals surface area contributed by atoms with Crippen molar-refractivity contribution in [3.05, 3.63) is 48.5 Å². The highest BCUT2D eigenvalue weighted by Crippen LogP contribution is 2.32. The van der Waals surface area contributed by atoms with Crippen molar-refractivity contribution in [2.75, 3.05) is 23.9 Å². The summed E-state index contributed by atoms with van der Waals surface area (Å²) in [6, 6.07) is 15.3. The highest BCUT2D eigenvalue weighted by atomic mass is 79.9. The number of ether oxygens (including phenoxy) is 2. The Hall–Kier alpha value is -1.40. The Kier molecular flexibility index (Phi) is 8.84. The van der Waals surface area contributed by atoms with Crippen molar-refractivity contribution < 1.29 is 9.47 Å². The van der Waals surface area contributed by atoms with Crippen LogP contribution in [0.1, 0.15) is 12.8 Å². The van der Waals surface area contributed by atoms with Crippen molar-refractivity contribution in [3.8, 4) is 11.5 Å². The molecule has 0 saturated carbocycles. The minimum absolute atomic E-state index is 0.643. The van der Waals surface area contributed by atoms with Crippen LogP contribution in [0.2, 0.25) is 0 Å². The predicted molar refractivity (Wildman–Crippen MR) is 105 cm³/mol. The van der Waals surface area contributed by atoms with Gasteiger partial charge in [-0.15, -0.1) is 10.2 Å². The van der Waals surface area contributed by atoms with E-state index in [0.717, 1.165) is 35.0 Å². The number of alkyl halides is 2. The molecule has 0 heterocycles. The van der Waals surface area contributed by atoms with Crippen LogP contribution in [0.5, 0.6) is 11.5 Å². The second kappa shape index (κ2) is 11.2. The fourth-order valence-electron chi connectivity index (χ4n) is 1.90. The van der Waals surface area contributed by atoms with Crippen molar-refractivity contribution >= 4 is 43.2 Å². The molecule has 0 fully saturated rings. The normalized spacial score (nSPS) is 10.9. The maximum atomic E-state index is 5.76. The van der Waals surface area contributed by atoms with Crippen LogP contribution < -0.4 is 9.47 Å². The second-order valence-electron chi connectivity index (χ2n) is 4.92. The first-order chi connectivity index (χ1) is 11.8. The lowest BCUT2D eigenvalue weighted by Crippen LogP contribution is -1.98. The summed E-state index contributed by atoms with van der Waals surface area (Å²) in [5.41, 5.74) is 1.42. The molecular formula is C18H20Br2N2O2. The van der Waals surface area contributed by atoms with Gasteiger partial charge in [0.2, 0.25) is 0 Å². The summed E-state index contributed by atoms with van der Waals surface area (Å²) in [5.74, 6) is 1.47. The van der Waals surface area contributed by atoms with Crippen LogP contribution in [-0.2, 0) is 0 Å². The summed E-state index contributed by atoms with van der Waals surface area (Å²) in [5, 5.41) is 10.5. The van der Waals surface area contributed by atoms with E-state index in [9.17, 15) is 0 Å². The lowest BCUT2D eigenvalue weighted by molar-refractivity contribution is 0.319. The Bertz CT molecular complexity index is 595. The standard InChI is InChI=1S/C18H20Br2N2O2/c19-11-5-13-23-17-9-3-1-7-15(17)21-22-16-8-2-4-10-18(16)24-14-6-12-20/h1-4,7-10H,5-6,11-14H2. The van der Waals surface area contributed by atoms with Crippen molar-refractivity contribution in [2.24, 2.45) is 10.2 Å². The third kappa shape index (κ3) is 6.24. The zero-order valence-electron chi connectivity index (χ0n) is 13.3. The molecule has 0 spiro atoms. The molecule has 0 aromatic heterocycles. The number of hydrogen-bond acceptors (Lipinski definition) is 4. The fraction of sp³-hybridized carbons (Fsp3) is 0.333. The van der Waals surface area contributed by atoms with E-state index >= 15 is 0 Å². The van der Waals surface area contributed by atoms with Crippen LogP contribution in [0, 0.1) is 0 Å². The maximum Gasteiger partial charge on any atom is 0.146 e. The van der Waals surface area contributed by atoms with Gasteiger partial charge in [0.05, 0.1) is 13.2 Å². The first kappa shape index (κ1) is 18.9. The molecule has 0 aliphatic carbocycles. The molecule has 0 saturated heterocycles. The maximum absolute atomic E-state index is 5.76. The van der Waals surface area contributed by atoms with Gasteiger partial charge >= 0.3 is 0 Å². The van der Waals surface area contributed by atoms with Gasteiger partial charge in [0.1, 0.15) is 22.9 Å². The summed E-state index contributed by atoms with van der Waals surface area (Å²) in [6.07, 6.45) is 1.88. The topological polar surface area (TPSA) is 43.2 Å². The molecule has 24 heavy (non-hydrogen) atoms. The van der Waals surface area contributed by atoms with Gasteiger partial charge in [-0.05, 0) is 37.1 Å². The summed E-state index contributed by atoms with van der Waals surface area (Å²) in [4.78, 5) is 0. The molecule has 2 aromatic carbocycles. The molecule has 0 aliphatic rings. The van der Waals surface area contributed by atoms with E-state index in [1.165, 1.54) is 0 Å². The zero-order chi connectivity index (χ0) is 17.0. The molecule has 0 bridgehead atoms. The lowest BCUT2D eigenvalue weighted by Gasteiger charge is -2.08. The number of para-hydroxylation sites is 2. The number of nitrogens with zero attached hydrogens (tertiary/aromatic N) is 2. The minimum atomic E-state index is 0.643. The number of benzene rings is 2. The molecule has 0 amide bonds. The monoisotopic (exact) mass is 454 g/mol. The molecular weight excluding hydrogens is 436 g/mol. The van der Waals surface area contributed by atoms with Crippen molar-refractivity contribution in [2.45, 2.75) is 12.8 Å². The van der Waals surface area contributed by atoms with Crippen LogP contribution in [-0.4, -0.2) is 23.9 Å². The molecule has 0 unspecified atom stereocenters. The van der Waals surface area contributed by atoms with E-state index in [1.54, 1.807) is 0 Å². The van der Waals surface area contributed by atoms with Crippen LogP contribution in [0.3, 0.4) is 0 Å². The van der Waals surface area contributed by atoms with E-state index in [2.05, 4.69) is 42.1 Å². The molecule has 2 rings (SSSR count). The highest BCUT2D eigenvalue weighted by molar-refractivity contribution is 9.09. The van der Waals surface area contributed by atoms with Crippen molar-refractivity contribution in [3.63, 3.8) is 0 Å². The quantitative estimate of drug-likeness (QED) is 0.235. The van der Waals surface area contributed by atoms with E-state index in [4.69, 9.17) is 9.47 Å². The summed E-state index contributed by atoms with van der Waals surface area (Å²) >= 11 is 6.80. The van der Waals surface area contributed by atoms with Gasteiger partial charge in [0.25, 0.3) is 0 Å². The Labute approximate surface area is 159 Å². The molecule has 4 nitrogen and oxygen atoms in total. The number of halogens is 2. The molecule has 0 atom stereocenters. The van der Waals surface area contributed by atoms with Crippen LogP contribution in [0.25, 0.3) is 0 Å². The largest absolute Gasteiger partial charge is 0.491 e. The molecule has 128 valence electrons. The van der Waals surface area contributed by atoms with Gasteiger partial charge in [0.15, 0.2) is 0 Å². The average Bonchev–Trinajstić information content (AvgIpc) is 2.62. The molecule has 6 heteroatoms. The highest BCUT2D eigenvalue weighted by Gasteiger charge is 2.04. The van der Waals surface area contributed by atoms with E-state index in [1.807, 2.05) is 48.5 Å².